The summed E-state index contributed by atoms with van der Waals surface area (Å²) in [5.74, 6) is 0. The number of nitrogens with one attached hydrogen (secondary N) is 1. The molecule has 0 radical (unpaired) electrons. The Balaban J connectivity index is 1.82. The summed E-state index contributed by atoms with van der Waals surface area (Å²) < 4.78 is 0. The standard InChI is InChI=1S/C26H39N3S/c1-5-9-17-29(18-10-6-2)22-12-14-24-26(20-22)30-25-19-21(11-13-23(25)27-24)28(15-7-3)16-8-4/h11-14,19-20,27H,5-10,15-18H2,1-4H3. The molecule has 30 heavy (non-hydrogen) atoms. The quantitative estimate of drug-likeness (QED) is 0.317. The van der Waals surface area contributed by atoms with Gasteiger partial charge in [-0.2, -0.15) is 0 Å². The molecular formula is C26H39N3S. The summed E-state index contributed by atoms with van der Waals surface area (Å²) in [6, 6.07) is 13.8. The van der Waals surface area contributed by atoms with Crippen LogP contribution >= 0.6 is 11.8 Å². The fourth-order valence-electron chi connectivity index (χ4n) is 4.03. The first-order valence-corrected chi connectivity index (χ1v) is 12.7. The lowest BCUT2D eigenvalue weighted by molar-refractivity contribution is 0.677. The van der Waals surface area contributed by atoms with Crippen LogP contribution in [0.4, 0.5) is 22.7 Å². The summed E-state index contributed by atoms with van der Waals surface area (Å²) in [5.41, 5.74) is 5.17. The molecule has 3 rings (SSSR count). The van der Waals surface area contributed by atoms with Crippen LogP contribution in [0.15, 0.2) is 46.2 Å². The number of anilines is 4. The van der Waals surface area contributed by atoms with Gasteiger partial charge in [0.25, 0.3) is 0 Å². The van der Waals surface area contributed by atoms with Gasteiger partial charge < -0.3 is 15.1 Å². The zero-order valence-electron chi connectivity index (χ0n) is 19.3. The van der Waals surface area contributed by atoms with E-state index >= 15 is 0 Å². The maximum absolute atomic E-state index is 3.67. The molecule has 0 amide bonds. The maximum atomic E-state index is 3.67. The first-order chi connectivity index (χ1) is 14.7. The van der Waals surface area contributed by atoms with Gasteiger partial charge in [-0.1, -0.05) is 52.3 Å². The monoisotopic (exact) mass is 425 g/mol. The van der Waals surface area contributed by atoms with Crippen LogP contribution in [-0.2, 0) is 0 Å². The largest absolute Gasteiger partial charge is 0.372 e. The van der Waals surface area contributed by atoms with Gasteiger partial charge in [-0.05, 0) is 62.1 Å². The maximum Gasteiger partial charge on any atom is 0.0527 e. The molecule has 3 nitrogen and oxygen atoms in total. The van der Waals surface area contributed by atoms with Crippen LogP contribution in [0.1, 0.15) is 66.2 Å². The SMILES string of the molecule is CCCCN(CCCC)c1ccc2c(c1)Sc1cc(N(CCC)CCC)ccc1N2. The molecule has 1 heterocycles. The number of benzene rings is 2. The number of rotatable bonds is 12. The second kappa shape index (κ2) is 11.5. The molecule has 0 aliphatic carbocycles. The third-order valence-corrected chi connectivity index (χ3v) is 6.82. The van der Waals surface area contributed by atoms with Crippen molar-refractivity contribution < 1.29 is 0 Å². The van der Waals surface area contributed by atoms with E-state index in [2.05, 4.69) is 79.2 Å². The Morgan fingerprint density at radius 1 is 0.633 bits per heavy atom. The molecule has 0 aromatic heterocycles. The molecule has 1 aliphatic heterocycles. The fourth-order valence-corrected chi connectivity index (χ4v) is 5.09. The number of unbranched alkanes of at least 4 members (excludes halogenated alkanes) is 2. The van der Waals surface area contributed by atoms with Gasteiger partial charge in [0, 0.05) is 47.3 Å². The number of nitrogens with zero attached hydrogens (tertiary/aromatic N) is 2. The first kappa shape index (κ1) is 22.9. The normalized spacial score (nSPS) is 12.1. The van der Waals surface area contributed by atoms with Crippen LogP contribution in [0.2, 0.25) is 0 Å². The first-order valence-electron chi connectivity index (χ1n) is 11.9. The number of hydrogen-bond acceptors (Lipinski definition) is 4. The van der Waals surface area contributed by atoms with Gasteiger partial charge in [-0.3, -0.25) is 0 Å². The second-order valence-electron chi connectivity index (χ2n) is 8.27. The lowest BCUT2D eigenvalue weighted by atomic mass is 10.2. The molecule has 0 unspecified atom stereocenters. The van der Waals surface area contributed by atoms with Crippen LogP contribution in [0.25, 0.3) is 0 Å². The Labute approximate surface area is 188 Å². The van der Waals surface area contributed by atoms with Gasteiger partial charge in [-0.15, -0.1) is 0 Å². The van der Waals surface area contributed by atoms with Gasteiger partial charge in [0.1, 0.15) is 0 Å². The van der Waals surface area contributed by atoms with Crippen molar-refractivity contribution in [3.8, 4) is 0 Å². The van der Waals surface area contributed by atoms with Gasteiger partial charge in [0.15, 0.2) is 0 Å². The van der Waals surface area contributed by atoms with Gasteiger partial charge in [0.05, 0.1) is 11.4 Å². The van der Waals surface area contributed by atoms with Crippen molar-refractivity contribution in [3.63, 3.8) is 0 Å². The van der Waals surface area contributed by atoms with E-state index in [9.17, 15) is 0 Å². The Bertz CT molecular complexity index is 791. The predicted molar refractivity (Wildman–Crippen MR) is 135 cm³/mol. The average Bonchev–Trinajstić information content (AvgIpc) is 2.77. The van der Waals surface area contributed by atoms with Crippen LogP contribution in [0, 0.1) is 0 Å². The van der Waals surface area contributed by atoms with Gasteiger partial charge in [0.2, 0.25) is 0 Å². The molecule has 1 aliphatic rings. The van der Waals surface area contributed by atoms with Gasteiger partial charge in [-0.25, -0.2) is 0 Å². The molecule has 2 aromatic carbocycles. The van der Waals surface area contributed by atoms with Crippen molar-refractivity contribution in [2.45, 2.75) is 76.0 Å². The Morgan fingerprint density at radius 2 is 1.10 bits per heavy atom. The van der Waals surface area contributed by atoms with Crippen molar-refractivity contribution in [1.82, 2.24) is 0 Å². The lowest BCUT2D eigenvalue weighted by Crippen LogP contribution is -2.25. The Hall–Kier alpha value is -1.81. The predicted octanol–water partition coefficient (Wildman–Crippen LogP) is 7.93. The molecule has 0 fully saturated rings. The molecule has 0 saturated heterocycles. The van der Waals surface area contributed by atoms with Crippen molar-refractivity contribution in [2.75, 3.05) is 41.3 Å². The highest BCUT2D eigenvalue weighted by Crippen LogP contribution is 2.46. The summed E-state index contributed by atoms with van der Waals surface area (Å²) in [4.78, 5) is 7.77. The van der Waals surface area contributed by atoms with E-state index in [1.807, 2.05) is 11.8 Å². The molecule has 0 atom stereocenters. The van der Waals surface area contributed by atoms with Crippen LogP contribution in [-0.4, -0.2) is 26.2 Å². The van der Waals surface area contributed by atoms with E-state index in [4.69, 9.17) is 0 Å². The highest BCUT2D eigenvalue weighted by Gasteiger charge is 2.19. The summed E-state index contributed by atoms with van der Waals surface area (Å²) >= 11 is 1.91. The summed E-state index contributed by atoms with van der Waals surface area (Å²) in [5, 5.41) is 3.67. The summed E-state index contributed by atoms with van der Waals surface area (Å²) in [7, 11) is 0. The second-order valence-corrected chi connectivity index (χ2v) is 9.35. The zero-order chi connectivity index (χ0) is 21.3. The number of fused-ring (bicyclic) bond motifs is 2. The van der Waals surface area contributed by atoms with Crippen molar-refractivity contribution in [2.24, 2.45) is 0 Å². The van der Waals surface area contributed by atoms with Crippen LogP contribution < -0.4 is 15.1 Å². The third kappa shape index (κ3) is 5.66. The minimum absolute atomic E-state index is 1.12. The van der Waals surface area contributed by atoms with Crippen molar-refractivity contribution >= 4 is 34.5 Å². The summed E-state index contributed by atoms with van der Waals surface area (Å²) in [6.45, 7) is 13.6. The van der Waals surface area contributed by atoms with Crippen LogP contribution in [0.5, 0.6) is 0 Å². The van der Waals surface area contributed by atoms with Crippen LogP contribution in [0.3, 0.4) is 0 Å². The minimum atomic E-state index is 1.12. The summed E-state index contributed by atoms with van der Waals surface area (Å²) in [6.07, 6.45) is 7.35. The lowest BCUT2D eigenvalue weighted by Gasteiger charge is -2.29. The van der Waals surface area contributed by atoms with E-state index in [0.29, 0.717) is 0 Å². The molecule has 1 N–H and O–H groups in total. The topological polar surface area (TPSA) is 18.5 Å². The zero-order valence-corrected chi connectivity index (χ0v) is 20.2. The smallest absolute Gasteiger partial charge is 0.0527 e. The van der Waals surface area contributed by atoms with Gasteiger partial charge >= 0.3 is 0 Å². The van der Waals surface area contributed by atoms with E-state index in [0.717, 1.165) is 26.2 Å². The highest BCUT2D eigenvalue weighted by atomic mass is 32.2. The Morgan fingerprint density at radius 3 is 1.53 bits per heavy atom. The van der Waals surface area contributed by atoms with Crippen molar-refractivity contribution in [3.05, 3.63) is 36.4 Å². The van der Waals surface area contributed by atoms with E-state index in [1.54, 1.807) is 0 Å². The molecule has 164 valence electrons. The molecular weight excluding hydrogens is 386 g/mol. The molecule has 2 aromatic rings. The average molecular weight is 426 g/mol. The third-order valence-electron chi connectivity index (χ3n) is 5.70. The van der Waals surface area contributed by atoms with E-state index < -0.39 is 0 Å². The Kier molecular flexibility index (Phi) is 8.80. The van der Waals surface area contributed by atoms with E-state index in [-0.39, 0.29) is 0 Å². The number of hydrogen-bond donors (Lipinski definition) is 1. The molecule has 4 heteroatoms. The van der Waals surface area contributed by atoms with E-state index in [1.165, 1.54) is 71.1 Å². The molecule has 0 spiro atoms. The highest BCUT2D eigenvalue weighted by molar-refractivity contribution is 7.99. The minimum Gasteiger partial charge on any atom is -0.372 e. The fraction of sp³-hybridized carbons (Fsp3) is 0.538. The molecule has 0 saturated carbocycles. The molecule has 0 bridgehead atoms. The van der Waals surface area contributed by atoms with Crippen molar-refractivity contribution in [1.29, 1.82) is 0 Å².